The molecule has 1 aromatic carbocycles. The molecule has 0 radical (unpaired) electrons. The Morgan fingerprint density at radius 1 is 1.33 bits per heavy atom. The molecule has 1 amide bonds. The first-order chi connectivity index (χ1) is 10.1. The zero-order valence-corrected chi connectivity index (χ0v) is 12.6. The third-order valence-electron chi connectivity index (χ3n) is 3.57. The average Bonchev–Trinajstić information content (AvgIpc) is 2.80. The predicted molar refractivity (Wildman–Crippen MR) is 81.7 cm³/mol. The highest BCUT2D eigenvalue weighted by Gasteiger charge is 2.21. The van der Waals surface area contributed by atoms with Gasteiger partial charge in [0.2, 0.25) is 0 Å². The molecule has 5 nitrogen and oxygen atoms in total. The minimum absolute atomic E-state index is 0.0623. The van der Waals surface area contributed by atoms with Gasteiger partial charge in [-0.2, -0.15) is 5.10 Å². The van der Waals surface area contributed by atoms with Crippen LogP contribution in [0.1, 0.15) is 35.1 Å². The van der Waals surface area contributed by atoms with E-state index in [9.17, 15) is 9.90 Å². The van der Waals surface area contributed by atoms with Crippen LogP contribution in [0.3, 0.4) is 0 Å². The molecule has 2 aromatic rings. The van der Waals surface area contributed by atoms with Crippen LogP contribution in [-0.2, 0) is 0 Å². The van der Waals surface area contributed by atoms with E-state index < -0.39 is 0 Å². The number of hydrogen-bond acceptors (Lipinski definition) is 3. The number of amides is 1. The second-order valence-electron chi connectivity index (χ2n) is 5.05. The largest absolute Gasteiger partial charge is 0.394 e. The molecule has 0 saturated carbocycles. The normalized spacial score (nSPS) is 12.2. The van der Waals surface area contributed by atoms with E-state index in [-0.39, 0.29) is 18.6 Å². The highest BCUT2D eigenvalue weighted by molar-refractivity contribution is 5.96. The maximum Gasteiger partial charge on any atom is 0.255 e. The molecule has 1 aromatic heterocycles. The smallest absolute Gasteiger partial charge is 0.255 e. The first-order valence-electron chi connectivity index (χ1n) is 7.11. The van der Waals surface area contributed by atoms with Crippen LogP contribution in [-0.4, -0.2) is 33.4 Å². The van der Waals surface area contributed by atoms with Crippen LogP contribution < -0.4 is 5.32 Å². The van der Waals surface area contributed by atoms with Gasteiger partial charge in [-0.3, -0.25) is 4.79 Å². The first-order valence-corrected chi connectivity index (χ1v) is 7.11. The number of rotatable bonds is 5. The Kier molecular flexibility index (Phi) is 4.75. The minimum atomic E-state index is -0.226. The maximum absolute atomic E-state index is 12.4. The first kappa shape index (κ1) is 15.3. The van der Waals surface area contributed by atoms with Crippen LogP contribution in [0.25, 0.3) is 5.69 Å². The van der Waals surface area contributed by atoms with Crippen molar-refractivity contribution in [1.29, 1.82) is 0 Å². The lowest BCUT2D eigenvalue weighted by molar-refractivity contribution is 0.0913. The summed E-state index contributed by atoms with van der Waals surface area (Å²) in [5.74, 6) is -0.187. The lowest BCUT2D eigenvalue weighted by Gasteiger charge is -2.14. The molecule has 21 heavy (non-hydrogen) atoms. The summed E-state index contributed by atoms with van der Waals surface area (Å²) in [5.41, 5.74) is 2.97. The summed E-state index contributed by atoms with van der Waals surface area (Å²) < 4.78 is 1.77. The molecular formula is C16H21N3O2. The van der Waals surface area contributed by atoms with Crippen LogP contribution in [0.5, 0.6) is 0 Å². The van der Waals surface area contributed by atoms with Crippen molar-refractivity contribution in [1.82, 2.24) is 15.1 Å². The van der Waals surface area contributed by atoms with Crippen molar-refractivity contribution in [2.24, 2.45) is 0 Å². The van der Waals surface area contributed by atoms with Gasteiger partial charge < -0.3 is 10.4 Å². The molecule has 5 heteroatoms. The van der Waals surface area contributed by atoms with Crippen molar-refractivity contribution in [2.75, 3.05) is 6.61 Å². The number of benzene rings is 1. The molecule has 0 aliphatic heterocycles. The van der Waals surface area contributed by atoms with Crippen LogP contribution in [0.2, 0.25) is 0 Å². The summed E-state index contributed by atoms with van der Waals surface area (Å²) in [4.78, 5) is 12.4. The van der Waals surface area contributed by atoms with Crippen LogP contribution in [0, 0.1) is 13.8 Å². The van der Waals surface area contributed by atoms with Gasteiger partial charge in [-0.15, -0.1) is 0 Å². The quantitative estimate of drug-likeness (QED) is 0.883. The summed E-state index contributed by atoms with van der Waals surface area (Å²) in [5, 5.41) is 16.5. The van der Waals surface area contributed by atoms with E-state index >= 15 is 0 Å². The maximum atomic E-state index is 12.4. The number of aryl methyl sites for hydroxylation is 1. The Bertz CT molecular complexity index is 616. The number of para-hydroxylation sites is 1. The Balaban J connectivity index is 2.34. The number of carbonyl (C=O) groups is 1. The highest BCUT2D eigenvalue weighted by Crippen LogP contribution is 2.17. The fourth-order valence-corrected chi connectivity index (χ4v) is 2.33. The monoisotopic (exact) mass is 287 g/mol. The van der Waals surface area contributed by atoms with E-state index in [1.54, 1.807) is 4.68 Å². The van der Waals surface area contributed by atoms with Crippen LogP contribution in [0.4, 0.5) is 0 Å². The molecule has 1 unspecified atom stereocenters. The average molecular weight is 287 g/mol. The number of hydrogen-bond donors (Lipinski definition) is 2. The van der Waals surface area contributed by atoms with E-state index in [0.29, 0.717) is 17.7 Å². The third-order valence-corrected chi connectivity index (χ3v) is 3.57. The lowest BCUT2D eigenvalue weighted by Crippen LogP contribution is -2.37. The van der Waals surface area contributed by atoms with Crippen molar-refractivity contribution in [2.45, 2.75) is 33.2 Å². The zero-order chi connectivity index (χ0) is 15.4. The van der Waals surface area contributed by atoms with Gasteiger partial charge in [0.1, 0.15) is 0 Å². The minimum Gasteiger partial charge on any atom is -0.394 e. The van der Waals surface area contributed by atoms with Crippen molar-refractivity contribution in [3.8, 4) is 5.69 Å². The molecule has 2 rings (SSSR count). The SMILES string of the molecule is CCC(CO)NC(=O)c1c(C)nn(-c2ccccc2)c1C. The van der Waals surface area contributed by atoms with Crippen molar-refractivity contribution < 1.29 is 9.90 Å². The van der Waals surface area contributed by atoms with Crippen molar-refractivity contribution >= 4 is 5.91 Å². The van der Waals surface area contributed by atoms with Crippen molar-refractivity contribution in [3.05, 3.63) is 47.3 Å². The molecule has 112 valence electrons. The standard InChI is InChI=1S/C16H21N3O2/c1-4-13(10-20)17-16(21)15-11(2)18-19(12(15)3)14-8-6-5-7-9-14/h5-9,13,20H,4,10H2,1-3H3,(H,17,21). The number of aromatic nitrogens is 2. The fourth-order valence-electron chi connectivity index (χ4n) is 2.33. The second-order valence-corrected chi connectivity index (χ2v) is 5.05. The van der Waals surface area contributed by atoms with E-state index in [4.69, 9.17) is 0 Å². The van der Waals surface area contributed by atoms with Gasteiger partial charge in [-0.25, -0.2) is 4.68 Å². The number of aliphatic hydroxyl groups excluding tert-OH is 1. The molecule has 0 aliphatic rings. The van der Waals surface area contributed by atoms with Gasteiger partial charge in [0.25, 0.3) is 5.91 Å². The van der Waals surface area contributed by atoms with Crippen LogP contribution >= 0.6 is 0 Å². The predicted octanol–water partition coefficient (Wildman–Crippen LogP) is 1.99. The molecule has 0 saturated heterocycles. The Morgan fingerprint density at radius 2 is 2.00 bits per heavy atom. The number of aliphatic hydroxyl groups is 1. The summed E-state index contributed by atoms with van der Waals surface area (Å²) in [6, 6.07) is 9.48. The summed E-state index contributed by atoms with van der Waals surface area (Å²) in [6.45, 7) is 5.56. The summed E-state index contributed by atoms with van der Waals surface area (Å²) in [7, 11) is 0. The number of carbonyl (C=O) groups excluding carboxylic acids is 1. The summed E-state index contributed by atoms with van der Waals surface area (Å²) >= 11 is 0. The van der Waals surface area contributed by atoms with Gasteiger partial charge in [-0.05, 0) is 32.4 Å². The van der Waals surface area contributed by atoms with Gasteiger partial charge in [0, 0.05) is 0 Å². The molecule has 2 N–H and O–H groups in total. The fraction of sp³-hybridized carbons (Fsp3) is 0.375. The second kappa shape index (κ2) is 6.54. The molecule has 0 fully saturated rings. The molecular weight excluding hydrogens is 266 g/mol. The third kappa shape index (κ3) is 3.13. The number of nitrogens with zero attached hydrogens (tertiary/aromatic N) is 2. The molecule has 0 aliphatic carbocycles. The van der Waals surface area contributed by atoms with Crippen LogP contribution in [0.15, 0.2) is 30.3 Å². The highest BCUT2D eigenvalue weighted by atomic mass is 16.3. The van der Waals surface area contributed by atoms with Gasteiger partial charge in [-0.1, -0.05) is 25.1 Å². The topological polar surface area (TPSA) is 67.2 Å². The zero-order valence-electron chi connectivity index (χ0n) is 12.6. The van der Waals surface area contributed by atoms with E-state index in [0.717, 1.165) is 11.4 Å². The van der Waals surface area contributed by atoms with E-state index in [1.807, 2.05) is 51.1 Å². The van der Waals surface area contributed by atoms with E-state index in [1.165, 1.54) is 0 Å². The number of nitrogens with one attached hydrogen (secondary N) is 1. The summed E-state index contributed by atoms with van der Waals surface area (Å²) in [6.07, 6.45) is 0.688. The molecule has 0 bridgehead atoms. The molecule has 0 spiro atoms. The Hall–Kier alpha value is -2.14. The van der Waals surface area contributed by atoms with Gasteiger partial charge in [0.05, 0.1) is 35.3 Å². The molecule has 1 heterocycles. The van der Waals surface area contributed by atoms with Gasteiger partial charge >= 0.3 is 0 Å². The Morgan fingerprint density at radius 3 is 2.57 bits per heavy atom. The van der Waals surface area contributed by atoms with Crippen molar-refractivity contribution in [3.63, 3.8) is 0 Å². The Labute approximate surface area is 124 Å². The van der Waals surface area contributed by atoms with Gasteiger partial charge in [0.15, 0.2) is 0 Å². The van der Waals surface area contributed by atoms with E-state index in [2.05, 4.69) is 10.4 Å². The molecule has 1 atom stereocenters. The lowest BCUT2D eigenvalue weighted by atomic mass is 10.1.